The van der Waals surface area contributed by atoms with Crippen molar-refractivity contribution in [1.82, 2.24) is 10.6 Å². The molecule has 7 nitrogen and oxygen atoms in total. The third-order valence-electron chi connectivity index (χ3n) is 5.02. The van der Waals surface area contributed by atoms with Crippen LogP contribution in [0.2, 0.25) is 5.02 Å². The van der Waals surface area contributed by atoms with Crippen LogP contribution in [0, 0.1) is 5.82 Å². The second-order valence-corrected chi connectivity index (χ2v) is 7.44. The van der Waals surface area contributed by atoms with Gasteiger partial charge in [-0.15, -0.1) is 0 Å². The minimum absolute atomic E-state index is 0.177. The Labute approximate surface area is 190 Å². The van der Waals surface area contributed by atoms with Crippen LogP contribution >= 0.6 is 11.6 Å². The van der Waals surface area contributed by atoms with Crippen LogP contribution in [0.1, 0.15) is 36.9 Å². The number of amides is 2. The number of benzene rings is 2. The van der Waals surface area contributed by atoms with Gasteiger partial charge in [0.1, 0.15) is 12.4 Å². The number of nitrogens with one attached hydrogen (secondary N) is 2. The van der Waals surface area contributed by atoms with Gasteiger partial charge in [0.25, 0.3) is 0 Å². The average Bonchev–Trinajstić information content (AvgIpc) is 2.78. The number of carbonyl (C=O) groups excluding carboxylic acids is 2. The van der Waals surface area contributed by atoms with Crippen molar-refractivity contribution in [3.63, 3.8) is 0 Å². The fraction of sp³-hybridized carbons (Fsp3) is 0.304. The lowest BCUT2D eigenvalue weighted by Crippen LogP contribution is -2.46. The predicted octanol–water partition coefficient (Wildman–Crippen LogP) is 4.65. The summed E-state index contributed by atoms with van der Waals surface area (Å²) in [6.07, 6.45) is 1.18. The van der Waals surface area contributed by atoms with Crippen molar-refractivity contribution in [2.45, 2.75) is 32.4 Å². The van der Waals surface area contributed by atoms with E-state index in [1.165, 1.54) is 26.4 Å². The normalized spacial score (nSPS) is 15.7. The van der Waals surface area contributed by atoms with E-state index in [4.69, 9.17) is 25.8 Å². The van der Waals surface area contributed by atoms with Crippen molar-refractivity contribution in [2.24, 2.45) is 0 Å². The summed E-state index contributed by atoms with van der Waals surface area (Å²) in [5, 5.41) is 5.67. The van der Waals surface area contributed by atoms with Crippen LogP contribution in [0.15, 0.2) is 47.7 Å². The molecule has 0 fully saturated rings. The van der Waals surface area contributed by atoms with Crippen LogP contribution in [0.5, 0.6) is 11.5 Å². The Morgan fingerprint density at radius 1 is 1.19 bits per heavy atom. The van der Waals surface area contributed by atoms with Crippen LogP contribution in [0.25, 0.3) is 0 Å². The van der Waals surface area contributed by atoms with Crippen molar-refractivity contribution in [2.75, 3.05) is 14.2 Å². The monoisotopic (exact) mass is 462 g/mol. The van der Waals surface area contributed by atoms with E-state index in [1.807, 2.05) is 6.92 Å². The van der Waals surface area contributed by atoms with Gasteiger partial charge in [-0.2, -0.15) is 0 Å². The molecule has 0 radical (unpaired) electrons. The zero-order valence-electron chi connectivity index (χ0n) is 18.0. The molecule has 0 saturated heterocycles. The lowest BCUT2D eigenvalue weighted by molar-refractivity contribution is -0.136. The first kappa shape index (κ1) is 23.4. The van der Waals surface area contributed by atoms with E-state index in [1.54, 1.807) is 24.3 Å². The van der Waals surface area contributed by atoms with Gasteiger partial charge in [0.2, 0.25) is 0 Å². The molecule has 1 aliphatic heterocycles. The maximum absolute atomic E-state index is 14.3. The number of methoxy groups -OCH3 is 2. The topological polar surface area (TPSA) is 85.9 Å². The molecule has 0 saturated carbocycles. The third-order valence-corrected chi connectivity index (χ3v) is 5.38. The molecule has 0 bridgehead atoms. The zero-order chi connectivity index (χ0) is 23.3. The highest BCUT2D eigenvalue weighted by atomic mass is 35.5. The van der Waals surface area contributed by atoms with Gasteiger partial charge in [0.05, 0.1) is 30.9 Å². The van der Waals surface area contributed by atoms with Gasteiger partial charge in [0, 0.05) is 16.8 Å². The van der Waals surface area contributed by atoms with Gasteiger partial charge in [-0.1, -0.05) is 43.1 Å². The smallest absolute Gasteiger partial charge is 0.337 e. The fourth-order valence-corrected chi connectivity index (χ4v) is 3.76. The summed E-state index contributed by atoms with van der Waals surface area (Å²) in [7, 11) is 2.73. The highest BCUT2D eigenvalue weighted by Crippen LogP contribution is 2.40. The van der Waals surface area contributed by atoms with Crippen molar-refractivity contribution in [3.8, 4) is 11.5 Å². The van der Waals surface area contributed by atoms with E-state index in [-0.39, 0.29) is 28.5 Å². The maximum Gasteiger partial charge on any atom is 0.337 e. The van der Waals surface area contributed by atoms with Crippen molar-refractivity contribution >= 4 is 23.6 Å². The molecule has 32 heavy (non-hydrogen) atoms. The maximum atomic E-state index is 14.3. The van der Waals surface area contributed by atoms with Gasteiger partial charge in [0.15, 0.2) is 11.5 Å². The molecule has 2 amide bonds. The van der Waals surface area contributed by atoms with E-state index in [0.29, 0.717) is 29.9 Å². The highest BCUT2D eigenvalue weighted by Gasteiger charge is 2.35. The third kappa shape index (κ3) is 4.80. The first-order chi connectivity index (χ1) is 15.4. The Kier molecular flexibility index (Phi) is 7.58. The first-order valence-electron chi connectivity index (χ1n) is 10.0. The highest BCUT2D eigenvalue weighted by molar-refractivity contribution is 6.31. The quantitative estimate of drug-likeness (QED) is 0.558. The molecule has 2 N–H and O–H groups in total. The van der Waals surface area contributed by atoms with E-state index in [0.717, 1.165) is 0 Å². The molecule has 1 heterocycles. The average molecular weight is 463 g/mol. The van der Waals surface area contributed by atoms with Gasteiger partial charge < -0.3 is 24.8 Å². The summed E-state index contributed by atoms with van der Waals surface area (Å²) in [4.78, 5) is 25.0. The summed E-state index contributed by atoms with van der Waals surface area (Å²) in [5.41, 5.74) is 1.37. The summed E-state index contributed by atoms with van der Waals surface area (Å²) in [6.45, 7) is 1.75. The van der Waals surface area contributed by atoms with Crippen LogP contribution in [0.4, 0.5) is 9.18 Å². The molecule has 2 aromatic carbocycles. The zero-order valence-corrected chi connectivity index (χ0v) is 18.7. The standard InChI is InChI=1S/C23H24ClFN2O5/c1-4-7-17-19(22(28)31-3)20(27-23(29)26-17)13-8-5-11-18(30-2)21(13)32-12-14-15(24)9-6-10-16(14)25/h5-6,8-11,20H,4,7,12H2,1-3H3,(H2,26,27,29). The number of allylic oxidation sites excluding steroid dienone is 1. The molecule has 2 aromatic rings. The number of carbonyl (C=O) groups is 2. The minimum atomic E-state index is -0.862. The van der Waals surface area contributed by atoms with Gasteiger partial charge >= 0.3 is 12.0 Å². The summed E-state index contributed by atoms with van der Waals surface area (Å²) >= 11 is 6.13. The van der Waals surface area contributed by atoms with E-state index < -0.39 is 23.9 Å². The molecule has 1 atom stereocenters. The summed E-state index contributed by atoms with van der Waals surface area (Å²) in [5.74, 6) is -0.496. The molecular formula is C23H24ClFN2O5. The fourth-order valence-electron chi connectivity index (χ4n) is 3.54. The second-order valence-electron chi connectivity index (χ2n) is 7.03. The number of para-hydroxylation sites is 1. The SMILES string of the molecule is CCCC1=C(C(=O)OC)C(c2cccc(OC)c2OCc2c(F)cccc2Cl)NC(=O)N1. The predicted molar refractivity (Wildman–Crippen MR) is 117 cm³/mol. The number of urea groups is 1. The lowest BCUT2D eigenvalue weighted by Gasteiger charge is -2.30. The summed E-state index contributed by atoms with van der Waals surface area (Å²) < 4.78 is 30.6. The Hall–Kier alpha value is -3.26. The van der Waals surface area contributed by atoms with Gasteiger partial charge in [-0.3, -0.25) is 0 Å². The second kappa shape index (κ2) is 10.4. The van der Waals surface area contributed by atoms with Gasteiger partial charge in [-0.25, -0.2) is 14.0 Å². The molecule has 0 aliphatic carbocycles. The van der Waals surface area contributed by atoms with Crippen LogP contribution in [-0.4, -0.2) is 26.2 Å². The molecule has 9 heteroatoms. The minimum Gasteiger partial charge on any atom is -0.493 e. The van der Waals surface area contributed by atoms with Crippen molar-refractivity contribution in [1.29, 1.82) is 0 Å². The molecular weight excluding hydrogens is 439 g/mol. The molecule has 1 aliphatic rings. The first-order valence-corrected chi connectivity index (χ1v) is 10.4. The largest absolute Gasteiger partial charge is 0.493 e. The Morgan fingerprint density at radius 2 is 1.94 bits per heavy atom. The van der Waals surface area contributed by atoms with Crippen molar-refractivity contribution in [3.05, 3.63) is 69.6 Å². The van der Waals surface area contributed by atoms with E-state index in [9.17, 15) is 14.0 Å². The van der Waals surface area contributed by atoms with Crippen LogP contribution in [-0.2, 0) is 16.1 Å². The Bertz CT molecular complexity index is 1040. The lowest BCUT2D eigenvalue weighted by atomic mass is 9.93. The summed E-state index contributed by atoms with van der Waals surface area (Å²) in [6, 6.07) is 8.10. The molecule has 1 unspecified atom stereocenters. The molecule has 170 valence electrons. The number of hydrogen-bond donors (Lipinski definition) is 2. The number of ether oxygens (including phenoxy) is 3. The number of hydrogen-bond acceptors (Lipinski definition) is 5. The number of halogens is 2. The molecule has 3 rings (SSSR count). The van der Waals surface area contributed by atoms with E-state index in [2.05, 4.69) is 10.6 Å². The molecule has 0 aromatic heterocycles. The van der Waals surface area contributed by atoms with Crippen LogP contribution < -0.4 is 20.1 Å². The van der Waals surface area contributed by atoms with Crippen LogP contribution in [0.3, 0.4) is 0 Å². The van der Waals surface area contributed by atoms with Crippen molar-refractivity contribution < 1.29 is 28.2 Å². The Balaban J connectivity index is 2.09. The number of rotatable bonds is 8. The van der Waals surface area contributed by atoms with Gasteiger partial charge in [-0.05, 0) is 24.6 Å². The molecule has 0 spiro atoms. The Morgan fingerprint density at radius 3 is 2.59 bits per heavy atom. The number of esters is 1. The van der Waals surface area contributed by atoms with E-state index >= 15 is 0 Å².